The van der Waals surface area contributed by atoms with Gasteiger partial charge in [0.05, 0.1) is 14.2 Å². The smallest absolute Gasteiger partial charge is 0.251 e. The van der Waals surface area contributed by atoms with E-state index in [0.29, 0.717) is 35.6 Å². The van der Waals surface area contributed by atoms with Crippen molar-refractivity contribution in [1.29, 1.82) is 0 Å². The second-order valence-corrected chi connectivity index (χ2v) is 5.59. The van der Waals surface area contributed by atoms with Gasteiger partial charge in [-0.2, -0.15) is 0 Å². The molecule has 2 rings (SSSR count). The van der Waals surface area contributed by atoms with Gasteiger partial charge >= 0.3 is 0 Å². The van der Waals surface area contributed by atoms with Crippen LogP contribution in [0, 0.1) is 5.92 Å². The number of ether oxygens (including phenoxy) is 2. The summed E-state index contributed by atoms with van der Waals surface area (Å²) in [5, 5.41) is 3.00. The number of nitrogens with one attached hydrogen (secondary N) is 1. The summed E-state index contributed by atoms with van der Waals surface area (Å²) in [5.74, 6) is 1.66. The summed E-state index contributed by atoms with van der Waals surface area (Å²) in [5.41, 5.74) is 6.45. The molecule has 116 valence electrons. The van der Waals surface area contributed by atoms with Gasteiger partial charge in [0, 0.05) is 24.2 Å². The van der Waals surface area contributed by atoms with Crippen LogP contribution in [-0.4, -0.2) is 32.7 Å². The first-order valence-corrected chi connectivity index (χ1v) is 7.39. The van der Waals surface area contributed by atoms with Crippen LogP contribution in [0.1, 0.15) is 36.0 Å². The van der Waals surface area contributed by atoms with Gasteiger partial charge in [0.15, 0.2) is 0 Å². The molecule has 0 spiro atoms. The molecule has 0 bridgehead atoms. The highest BCUT2D eigenvalue weighted by atomic mass is 16.5. The second kappa shape index (κ2) is 7.31. The maximum absolute atomic E-state index is 12.2. The molecule has 1 saturated carbocycles. The van der Waals surface area contributed by atoms with Gasteiger partial charge in [0.25, 0.3) is 5.91 Å². The van der Waals surface area contributed by atoms with Crippen molar-refractivity contribution in [2.75, 3.05) is 20.8 Å². The van der Waals surface area contributed by atoms with Crippen LogP contribution in [0.25, 0.3) is 0 Å². The lowest BCUT2D eigenvalue weighted by atomic mass is 9.86. The summed E-state index contributed by atoms with van der Waals surface area (Å²) >= 11 is 0. The van der Waals surface area contributed by atoms with Gasteiger partial charge in [0.2, 0.25) is 0 Å². The average Bonchev–Trinajstić information content (AvgIpc) is 2.53. The van der Waals surface area contributed by atoms with Crippen LogP contribution in [0.5, 0.6) is 11.5 Å². The monoisotopic (exact) mass is 292 g/mol. The third-order valence-corrected chi connectivity index (χ3v) is 4.06. The minimum atomic E-state index is -0.0953. The largest absolute Gasteiger partial charge is 0.497 e. The molecular formula is C16H24N2O3. The normalized spacial score (nSPS) is 21.7. The first-order valence-electron chi connectivity index (χ1n) is 7.39. The summed E-state index contributed by atoms with van der Waals surface area (Å²) in [6.45, 7) is 0.699. The third kappa shape index (κ3) is 4.36. The van der Waals surface area contributed by atoms with Crippen molar-refractivity contribution >= 4 is 5.91 Å². The highest BCUT2D eigenvalue weighted by molar-refractivity contribution is 5.95. The number of carbonyl (C=O) groups excluding carboxylic acids is 1. The molecule has 0 aliphatic heterocycles. The Kier molecular flexibility index (Phi) is 5.44. The second-order valence-electron chi connectivity index (χ2n) is 5.59. The number of amides is 1. The molecule has 0 atom stereocenters. The minimum Gasteiger partial charge on any atom is -0.497 e. The Hall–Kier alpha value is -1.75. The van der Waals surface area contributed by atoms with E-state index >= 15 is 0 Å². The van der Waals surface area contributed by atoms with E-state index in [1.165, 1.54) is 0 Å². The van der Waals surface area contributed by atoms with Gasteiger partial charge in [-0.05, 0) is 43.7 Å². The highest BCUT2D eigenvalue weighted by Gasteiger charge is 2.19. The number of hydrogen-bond acceptors (Lipinski definition) is 4. The Balaban J connectivity index is 1.93. The molecule has 1 amide bonds. The van der Waals surface area contributed by atoms with E-state index in [-0.39, 0.29) is 5.91 Å². The van der Waals surface area contributed by atoms with Crippen LogP contribution >= 0.6 is 0 Å². The minimum absolute atomic E-state index is 0.0953. The lowest BCUT2D eigenvalue weighted by molar-refractivity contribution is 0.0942. The van der Waals surface area contributed by atoms with E-state index in [0.717, 1.165) is 25.7 Å². The van der Waals surface area contributed by atoms with Gasteiger partial charge in [-0.15, -0.1) is 0 Å². The van der Waals surface area contributed by atoms with Crippen molar-refractivity contribution in [1.82, 2.24) is 5.32 Å². The molecule has 1 aliphatic rings. The number of rotatable bonds is 5. The lowest BCUT2D eigenvalue weighted by Crippen LogP contribution is -2.34. The molecule has 1 fully saturated rings. The maximum Gasteiger partial charge on any atom is 0.251 e. The SMILES string of the molecule is COc1cc(OC)cc(C(=O)NCC2CCC(N)CC2)c1. The summed E-state index contributed by atoms with van der Waals surface area (Å²) < 4.78 is 10.4. The molecule has 0 radical (unpaired) electrons. The molecule has 5 nitrogen and oxygen atoms in total. The van der Waals surface area contributed by atoms with Crippen LogP contribution in [0.3, 0.4) is 0 Å². The standard InChI is InChI=1S/C16H24N2O3/c1-20-14-7-12(8-15(9-14)21-2)16(19)18-10-11-3-5-13(17)6-4-11/h7-9,11,13H,3-6,10,17H2,1-2H3,(H,18,19). The number of hydrogen-bond donors (Lipinski definition) is 2. The topological polar surface area (TPSA) is 73.6 Å². The molecule has 5 heteroatoms. The Morgan fingerprint density at radius 3 is 2.24 bits per heavy atom. The van der Waals surface area contributed by atoms with E-state index < -0.39 is 0 Å². The molecule has 1 aromatic carbocycles. The first kappa shape index (κ1) is 15.6. The van der Waals surface area contributed by atoms with Crippen LogP contribution in [-0.2, 0) is 0 Å². The summed E-state index contributed by atoms with van der Waals surface area (Å²) in [7, 11) is 3.14. The summed E-state index contributed by atoms with van der Waals surface area (Å²) in [6, 6.07) is 5.52. The molecule has 3 N–H and O–H groups in total. The average molecular weight is 292 g/mol. The van der Waals surface area contributed by atoms with Crippen molar-refractivity contribution in [3.05, 3.63) is 23.8 Å². The summed E-state index contributed by atoms with van der Waals surface area (Å²) in [4.78, 5) is 12.2. The van der Waals surface area contributed by atoms with E-state index in [9.17, 15) is 4.79 Å². The first-order chi connectivity index (χ1) is 10.1. The molecule has 0 unspecified atom stereocenters. The Labute approximate surface area is 125 Å². The predicted octanol–water partition coefficient (Wildman–Crippen LogP) is 1.95. The van der Waals surface area contributed by atoms with Crippen LogP contribution in [0.15, 0.2) is 18.2 Å². The van der Waals surface area contributed by atoms with Crippen molar-refractivity contribution < 1.29 is 14.3 Å². The zero-order valence-electron chi connectivity index (χ0n) is 12.7. The molecule has 0 saturated heterocycles. The molecule has 1 aliphatic carbocycles. The van der Waals surface area contributed by atoms with Gasteiger partial charge in [-0.25, -0.2) is 0 Å². The zero-order chi connectivity index (χ0) is 15.2. The van der Waals surface area contributed by atoms with Crippen molar-refractivity contribution in [3.8, 4) is 11.5 Å². The zero-order valence-corrected chi connectivity index (χ0v) is 12.7. The fourth-order valence-corrected chi connectivity index (χ4v) is 2.67. The molecule has 1 aromatic rings. The molecule has 0 aromatic heterocycles. The van der Waals surface area contributed by atoms with Crippen molar-refractivity contribution in [2.45, 2.75) is 31.7 Å². The Morgan fingerprint density at radius 1 is 1.14 bits per heavy atom. The van der Waals surface area contributed by atoms with Crippen LogP contribution in [0.4, 0.5) is 0 Å². The Morgan fingerprint density at radius 2 is 1.71 bits per heavy atom. The lowest BCUT2D eigenvalue weighted by Gasteiger charge is -2.26. The third-order valence-electron chi connectivity index (χ3n) is 4.06. The van der Waals surface area contributed by atoms with E-state index in [1.54, 1.807) is 32.4 Å². The maximum atomic E-state index is 12.2. The summed E-state index contributed by atoms with van der Waals surface area (Å²) in [6.07, 6.45) is 4.27. The number of methoxy groups -OCH3 is 2. The fraction of sp³-hybridized carbons (Fsp3) is 0.562. The quantitative estimate of drug-likeness (QED) is 0.870. The van der Waals surface area contributed by atoms with Crippen molar-refractivity contribution in [3.63, 3.8) is 0 Å². The fourth-order valence-electron chi connectivity index (χ4n) is 2.67. The van der Waals surface area contributed by atoms with Gasteiger partial charge in [0.1, 0.15) is 11.5 Å². The predicted molar refractivity (Wildman–Crippen MR) is 81.8 cm³/mol. The van der Waals surface area contributed by atoms with Crippen LogP contribution in [0.2, 0.25) is 0 Å². The Bertz CT molecular complexity index is 460. The number of benzene rings is 1. The van der Waals surface area contributed by atoms with E-state index in [2.05, 4.69) is 5.32 Å². The van der Waals surface area contributed by atoms with E-state index in [1.807, 2.05) is 0 Å². The highest BCUT2D eigenvalue weighted by Crippen LogP contribution is 2.24. The van der Waals surface area contributed by atoms with E-state index in [4.69, 9.17) is 15.2 Å². The molecule has 21 heavy (non-hydrogen) atoms. The van der Waals surface area contributed by atoms with Crippen LogP contribution < -0.4 is 20.5 Å². The molecular weight excluding hydrogens is 268 g/mol. The molecule has 0 heterocycles. The number of carbonyl (C=O) groups is 1. The van der Waals surface area contributed by atoms with Gasteiger partial charge in [-0.3, -0.25) is 4.79 Å². The van der Waals surface area contributed by atoms with Gasteiger partial charge < -0.3 is 20.5 Å². The number of nitrogens with two attached hydrogens (primary N) is 1. The van der Waals surface area contributed by atoms with Gasteiger partial charge in [-0.1, -0.05) is 0 Å². The van der Waals surface area contributed by atoms with Crippen molar-refractivity contribution in [2.24, 2.45) is 11.7 Å².